The van der Waals surface area contributed by atoms with E-state index in [0.717, 1.165) is 6.42 Å². The number of likely N-dealkylation sites (tertiary alicyclic amines) is 1. The lowest BCUT2D eigenvalue weighted by atomic mass is 9.74. The first-order valence-electron chi connectivity index (χ1n) is 7.88. The van der Waals surface area contributed by atoms with E-state index < -0.39 is 0 Å². The topological polar surface area (TPSA) is 32.7 Å². The van der Waals surface area contributed by atoms with Crippen molar-refractivity contribution in [3.63, 3.8) is 0 Å². The van der Waals surface area contributed by atoms with Crippen LogP contribution >= 0.6 is 0 Å². The van der Waals surface area contributed by atoms with E-state index in [1.807, 2.05) is 6.07 Å². The van der Waals surface area contributed by atoms with Crippen molar-refractivity contribution in [2.45, 2.75) is 51.0 Å². The molecule has 1 N–H and O–H groups in total. The Morgan fingerprint density at radius 2 is 2.20 bits per heavy atom. The maximum atomic E-state index is 9.96. The van der Waals surface area contributed by atoms with E-state index in [9.17, 15) is 5.11 Å². The normalized spacial score (nSPS) is 25.9. The van der Waals surface area contributed by atoms with E-state index in [-0.39, 0.29) is 5.75 Å². The molecule has 0 unspecified atom stereocenters. The Morgan fingerprint density at radius 3 is 2.95 bits per heavy atom. The van der Waals surface area contributed by atoms with Crippen LogP contribution in [0.3, 0.4) is 0 Å². The number of phenolic OH excluding ortho intramolecular Hbond substituents is 1. The van der Waals surface area contributed by atoms with Gasteiger partial charge in [0, 0.05) is 6.04 Å². The zero-order chi connectivity index (χ0) is 14.1. The molecular formula is C17H25NO2. The SMILES string of the molecule is CCCN1CCC[C@H]2c3cc(OC)c(O)cc3CC[C@@H]21. The third-order valence-corrected chi connectivity index (χ3v) is 4.95. The molecule has 3 nitrogen and oxygen atoms in total. The first kappa shape index (κ1) is 13.7. The van der Waals surface area contributed by atoms with E-state index >= 15 is 0 Å². The Hall–Kier alpha value is -1.22. The molecule has 1 fully saturated rings. The molecule has 1 aliphatic carbocycles. The number of ether oxygens (including phenoxy) is 1. The summed E-state index contributed by atoms with van der Waals surface area (Å²) in [4.78, 5) is 2.68. The summed E-state index contributed by atoms with van der Waals surface area (Å²) in [5.41, 5.74) is 2.74. The number of fused-ring (bicyclic) bond motifs is 3. The van der Waals surface area contributed by atoms with Gasteiger partial charge in [0.15, 0.2) is 11.5 Å². The average Bonchev–Trinajstić information content (AvgIpc) is 2.47. The van der Waals surface area contributed by atoms with Crippen molar-refractivity contribution >= 4 is 0 Å². The van der Waals surface area contributed by atoms with Crippen molar-refractivity contribution in [1.82, 2.24) is 4.90 Å². The summed E-state index contributed by atoms with van der Waals surface area (Å²) in [5, 5.41) is 9.96. The van der Waals surface area contributed by atoms with Gasteiger partial charge < -0.3 is 9.84 Å². The fourth-order valence-corrected chi connectivity index (χ4v) is 4.09. The molecule has 3 rings (SSSR count). The van der Waals surface area contributed by atoms with Crippen LogP contribution in [-0.4, -0.2) is 36.2 Å². The van der Waals surface area contributed by atoms with Crippen LogP contribution in [0.1, 0.15) is 49.7 Å². The second-order valence-electron chi connectivity index (χ2n) is 6.11. The Morgan fingerprint density at radius 1 is 1.35 bits per heavy atom. The van der Waals surface area contributed by atoms with Crippen molar-refractivity contribution in [2.75, 3.05) is 20.2 Å². The molecule has 1 aromatic carbocycles. The van der Waals surface area contributed by atoms with E-state index in [4.69, 9.17) is 4.74 Å². The molecular weight excluding hydrogens is 250 g/mol. The molecule has 0 radical (unpaired) electrons. The Labute approximate surface area is 121 Å². The Balaban J connectivity index is 1.94. The highest BCUT2D eigenvalue weighted by molar-refractivity contribution is 5.49. The largest absolute Gasteiger partial charge is 0.504 e. The van der Waals surface area contributed by atoms with Crippen LogP contribution in [0.25, 0.3) is 0 Å². The minimum atomic E-state index is 0.283. The second-order valence-corrected chi connectivity index (χ2v) is 6.11. The molecule has 1 aromatic rings. The smallest absolute Gasteiger partial charge is 0.160 e. The minimum absolute atomic E-state index is 0.283. The van der Waals surface area contributed by atoms with Crippen molar-refractivity contribution in [3.8, 4) is 11.5 Å². The summed E-state index contributed by atoms with van der Waals surface area (Å²) < 4.78 is 5.30. The van der Waals surface area contributed by atoms with Gasteiger partial charge in [-0.2, -0.15) is 0 Å². The summed E-state index contributed by atoms with van der Waals surface area (Å²) in [6.45, 7) is 4.73. The van der Waals surface area contributed by atoms with Crippen LogP contribution in [0.5, 0.6) is 11.5 Å². The molecule has 2 aliphatic rings. The predicted octanol–water partition coefficient (Wildman–Crippen LogP) is 3.31. The van der Waals surface area contributed by atoms with Crippen molar-refractivity contribution < 1.29 is 9.84 Å². The molecule has 0 bridgehead atoms. The fourth-order valence-electron chi connectivity index (χ4n) is 4.09. The van der Waals surface area contributed by atoms with Crippen LogP contribution in [-0.2, 0) is 6.42 Å². The standard InChI is InChI=1S/C17H25NO2/c1-3-8-18-9-4-5-13-14-11-17(20-2)16(19)10-12(14)6-7-15(13)18/h10-11,13,15,19H,3-9H2,1-2H3/t13-,15-/m0/s1. The minimum Gasteiger partial charge on any atom is -0.504 e. The molecule has 0 aromatic heterocycles. The molecule has 1 aliphatic heterocycles. The highest BCUT2D eigenvalue weighted by atomic mass is 16.5. The van der Waals surface area contributed by atoms with Gasteiger partial charge in [-0.3, -0.25) is 4.90 Å². The molecule has 20 heavy (non-hydrogen) atoms. The van der Waals surface area contributed by atoms with Crippen molar-refractivity contribution in [2.24, 2.45) is 0 Å². The number of benzene rings is 1. The van der Waals surface area contributed by atoms with Crippen LogP contribution < -0.4 is 4.74 Å². The highest BCUT2D eigenvalue weighted by Gasteiger charge is 2.36. The number of aryl methyl sites for hydroxylation is 1. The lowest BCUT2D eigenvalue weighted by Gasteiger charge is -2.45. The lowest BCUT2D eigenvalue weighted by molar-refractivity contribution is 0.112. The number of rotatable bonds is 3. The quantitative estimate of drug-likeness (QED) is 0.918. The van der Waals surface area contributed by atoms with Gasteiger partial charge in [0.05, 0.1) is 7.11 Å². The third kappa shape index (κ3) is 2.28. The van der Waals surface area contributed by atoms with Gasteiger partial charge in [0.2, 0.25) is 0 Å². The first-order valence-corrected chi connectivity index (χ1v) is 7.88. The zero-order valence-electron chi connectivity index (χ0n) is 12.6. The Bertz CT molecular complexity index is 484. The number of hydrogen-bond acceptors (Lipinski definition) is 3. The number of methoxy groups -OCH3 is 1. The molecule has 2 atom stereocenters. The van der Waals surface area contributed by atoms with Gasteiger partial charge in [-0.25, -0.2) is 0 Å². The van der Waals surface area contributed by atoms with E-state index in [2.05, 4.69) is 17.9 Å². The van der Waals surface area contributed by atoms with Crippen molar-refractivity contribution in [1.29, 1.82) is 0 Å². The van der Waals surface area contributed by atoms with Gasteiger partial charge in [-0.05, 0) is 74.4 Å². The highest BCUT2D eigenvalue weighted by Crippen LogP contribution is 2.44. The molecule has 0 spiro atoms. The number of aromatic hydroxyl groups is 1. The van der Waals surface area contributed by atoms with Gasteiger partial charge in [0.25, 0.3) is 0 Å². The summed E-state index contributed by atoms with van der Waals surface area (Å²) in [6, 6.07) is 4.69. The van der Waals surface area contributed by atoms with Gasteiger partial charge in [0.1, 0.15) is 0 Å². The molecule has 0 amide bonds. The van der Waals surface area contributed by atoms with Gasteiger partial charge in [-0.1, -0.05) is 6.92 Å². The van der Waals surface area contributed by atoms with Gasteiger partial charge in [-0.15, -0.1) is 0 Å². The van der Waals surface area contributed by atoms with Crippen LogP contribution in [0.2, 0.25) is 0 Å². The monoisotopic (exact) mass is 275 g/mol. The molecule has 1 heterocycles. The first-order chi connectivity index (χ1) is 9.74. The van der Waals surface area contributed by atoms with Crippen molar-refractivity contribution in [3.05, 3.63) is 23.3 Å². The molecule has 110 valence electrons. The van der Waals surface area contributed by atoms with E-state index in [1.54, 1.807) is 7.11 Å². The fraction of sp³-hybridized carbons (Fsp3) is 0.647. The summed E-state index contributed by atoms with van der Waals surface area (Å²) >= 11 is 0. The van der Waals surface area contributed by atoms with E-state index in [1.165, 1.54) is 49.9 Å². The molecule has 0 saturated carbocycles. The number of piperidine rings is 1. The maximum Gasteiger partial charge on any atom is 0.160 e. The molecule has 3 heteroatoms. The summed E-state index contributed by atoms with van der Waals surface area (Å²) in [5.74, 6) is 1.52. The second kappa shape index (κ2) is 5.65. The Kier molecular flexibility index (Phi) is 3.88. The summed E-state index contributed by atoms with van der Waals surface area (Å²) in [6.07, 6.45) is 6.09. The van der Waals surface area contributed by atoms with Crippen LogP contribution in [0, 0.1) is 0 Å². The maximum absolute atomic E-state index is 9.96. The van der Waals surface area contributed by atoms with Gasteiger partial charge >= 0.3 is 0 Å². The number of hydrogen-bond donors (Lipinski definition) is 1. The van der Waals surface area contributed by atoms with Crippen LogP contribution in [0.4, 0.5) is 0 Å². The lowest BCUT2D eigenvalue weighted by Crippen LogP contribution is -2.46. The molecule has 1 saturated heterocycles. The third-order valence-electron chi connectivity index (χ3n) is 4.95. The predicted molar refractivity (Wildman–Crippen MR) is 80.6 cm³/mol. The van der Waals surface area contributed by atoms with E-state index in [0.29, 0.717) is 17.7 Å². The number of phenols is 1. The zero-order valence-corrected chi connectivity index (χ0v) is 12.6. The summed E-state index contributed by atoms with van der Waals surface area (Å²) in [7, 11) is 1.63. The number of nitrogens with zero attached hydrogens (tertiary/aromatic N) is 1. The average molecular weight is 275 g/mol. The van der Waals surface area contributed by atoms with Crippen LogP contribution in [0.15, 0.2) is 12.1 Å².